The van der Waals surface area contributed by atoms with Crippen molar-refractivity contribution >= 4 is 44.8 Å². The number of ether oxygens (including phenoxy) is 1. The SMILES string of the molecule is NC1=NC(=O)C(=Cc2cc(Br)ccc2OCc2cccc(F)c2)S1. The first-order valence-corrected chi connectivity index (χ1v) is 8.57. The Balaban J connectivity index is 1.84. The molecule has 1 aliphatic heterocycles. The van der Waals surface area contributed by atoms with Gasteiger partial charge >= 0.3 is 0 Å². The first kappa shape index (κ1) is 16.7. The van der Waals surface area contributed by atoms with Gasteiger partial charge in [-0.25, -0.2) is 4.39 Å². The van der Waals surface area contributed by atoms with Crippen LogP contribution in [0.3, 0.4) is 0 Å². The molecule has 0 unspecified atom stereocenters. The molecule has 0 spiro atoms. The van der Waals surface area contributed by atoms with Gasteiger partial charge in [0.2, 0.25) is 0 Å². The maximum Gasteiger partial charge on any atom is 0.286 e. The van der Waals surface area contributed by atoms with Crippen molar-refractivity contribution in [3.05, 3.63) is 68.8 Å². The predicted octanol–water partition coefficient (Wildman–Crippen LogP) is 4.10. The van der Waals surface area contributed by atoms with Crippen LogP contribution in [-0.2, 0) is 11.4 Å². The second-order valence-corrected chi connectivity index (χ2v) is 6.94. The lowest BCUT2D eigenvalue weighted by atomic mass is 10.2. The fourth-order valence-electron chi connectivity index (χ4n) is 2.12. The molecule has 0 aromatic heterocycles. The maximum atomic E-state index is 13.2. The monoisotopic (exact) mass is 406 g/mol. The Bertz CT molecular complexity index is 867. The molecule has 0 saturated heterocycles. The zero-order valence-corrected chi connectivity index (χ0v) is 14.7. The average molecular weight is 407 g/mol. The number of carbonyl (C=O) groups excluding carboxylic acids is 1. The number of hydrogen-bond donors (Lipinski definition) is 1. The number of halogens is 2. The number of rotatable bonds is 4. The van der Waals surface area contributed by atoms with Crippen molar-refractivity contribution in [3.63, 3.8) is 0 Å². The van der Waals surface area contributed by atoms with E-state index in [1.165, 1.54) is 12.1 Å². The summed E-state index contributed by atoms with van der Waals surface area (Å²) in [6.07, 6.45) is 1.68. The fourth-order valence-corrected chi connectivity index (χ4v) is 3.17. The Morgan fingerprint density at radius 1 is 1.29 bits per heavy atom. The van der Waals surface area contributed by atoms with Crippen molar-refractivity contribution < 1.29 is 13.9 Å². The Morgan fingerprint density at radius 2 is 2.12 bits per heavy atom. The number of thioether (sulfide) groups is 1. The standard InChI is InChI=1S/C17H12BrFN2O2S/c18-12-4-5-14(23-9-10-2-1-3-13(19)6-10)11(7-12)8-15-16(22)21-17(20)24-15/h1-8H,9H2,(H2,20,21,22). The minimum atomic E-state index is -0.367. The molecule has 0 aliphatic carbocycles. The topological polar surface area (TPSA) is 64.7 Å². The van der Waals surface area contributed by atoms with Gasteiger partial charge in [0.05, 0.1) is 4.91 Å². The molecule has 1 aliphatic rings. The third-order valence-corrected chi connectivity index (χ3v) is 4.48. The number of nitrogens with two attached hydrogens (primary N) is 1. The lowest BCUT2D eigenvalue weighted by Crippen LogP contribution is -2.01. The van der Waals surface area contributed by atoms with E-state index in [9.17, 15) is 9.18 Å². The molecule has 0 fully saturated rings. The highest BCUT2D eigenvalue weighted by Gasteiger charge is 2.20. The van der Waals surface area contributed by atoms with Crippen molar-refractivity contribution in [3.8, 4) is 5.75 Å². The number of amides is 1. The number of carbonyl (C=O) groups is 1. The van der Waals surface area contributed by atoms with E-state index >= 15 is 0 Å². The number of benzene rings is 2. The summed E-state index contributed by atoms with van der Waals surface area (Å²) in [7, 11) is 0. The molecule has 4 nitrogen and oxygen atoms in total. The summed E-state index contributed by atoms with van der Waals surface area (Å²) in [5.74, 6) is -0.0998. The minimum absolute atomic E-state index is 0.218. The number of aliphatic imine (C=N–C) groups is 1. The van der Waals surface area contributed by atoms with Gasteiger partial charge < -0.3 is 10.5 Å². The molecular formula is C17H12BrFN2O2S. The predicted molar refractivity (Wildman–Crippen MR) is 97.1 cm³/mol. The summed E-state index contributed by atoms with van der Waals surface area (Å²) in [5.41, 5.74) is 6.99. The lowest BCUT2D eigenvalue weighted by molar-refractivity contribution is -0.113. The molecule has 0 radical (unpaired) electrons. The Hall–Kier alpha value is -2.12. The van der Waals surface area contributed by atoms with Crippen LogP contribution in [0.15, 0.2) is 56.8 Å². The van der Waals surface area contributed by atoms with E-state index in [0.29, 0.717) is 16.2 Å². The zero-order chi connectivity index (χ0) is 17.1. The fraction of sp³-hybridized carbons (Fsp3) is 0.0588. The largest absolute Gasteiger partial charge is 0.488 e. The van der Waals surface area contributed by atoms with Crippen LogP contribution in [-0.4, -0.2) is 11.1 Å². The molecule has 0 bridgehead atoms. The molecule has 3 rings (SSSR count). The van der Waals surface area contributed by atoms with Crippen LogP contribution < -0.4 is 10.5 Å². The van der Waals surface area contributed by atoms with E-state index in [4.69, 9.17) is 10.5 Å². The molecule has 2 aromatic rings. The molecule has 1 amide bonds. The first-order chi connectivity index (χ1) is 11.5. The van der Waals surface area contributed by atoms with Crippen molar-refractivity contribution in [1.82, 2.24) is 0 Å². The molecule has 7 heteroatoms. The first-order valence-electron chi connectivity index (χ1n) is 6.96. The average Bonchev–Trinajstić information content (AvgIpc) is 2.84. The maximum absolute atomic E-state index is 13.2. The van der Waals surface area contributed by atoms with Crippen LogP contribution in [0.4, 0.5) is 4.39 Å². The molecule has 0 saturated carbocycles. The van der Waals surface area contributed by atoms with Crippen LogP contribution >= 0.6 is 27.7 Å². The smallest absolute Gasteiger partial charge is 0.286 e. The molecule has 2 N–H and O–H groups in total. The zero-order valence-electron chi connectivity index (χ0n) is 12.3. The Morgan fingerprint density at radius 3 is 2.83 bits per heavy atom. The molecule has 2 aromatic carbocycles. The van der Waals surface area contributed by atoms with Gasteiger partial charge in [0, 0.05) is 10.0 Å². The molecule has 24 heavy (non-hydrogen) atoms. The number of nitrogens with zero attached hydrogens (tertiary/aromatic N) is 1. The number of amidine groups is 1. The van der Waals surface area contributed by atoms with E-state index in [1.54, 1.807) is 24.3 Å². The van der Waals surface area contributed by atoms with E-state index in [0.717, 1.165) is 21.8 Å². The van der Waals surface area contributed by atoms with Gasteiger partial charge in [-0.3, -0.25) is 4.79 Å². The molecule has 122 valence electrons. The van der Waals surface area contributed by atoms with Crippen LogP contribution in [0.25, 0.3) is 6.08 Å². The van der Waals surface area contributed by atoms with E-state index < -0.39 is 0 Å². The minimum Gasteiger partial charge on any atom is -0.488 e. The number of hydrogen-bond acceptors (Lipinski definition) is 4. The normalized spacial score (nSPS) is 15.7. The van der Waals surface area contributed by atoms with Crippen LogP contribution in [0.5, 0.6) is 5.75 Å². The van der Waals surface area contributed by atoms with Crippen molar-refractivity contribution in [2.24, 2.45) is 10.7 Å². The highest BCUT2D eigenvalue weighted by atomic mass is 79.9. The van der Waals surface area contributed by atoms with Crippen molar-refractivity contribution in [1.29, 1.82) is 0 Å². The van der Waals surface area contributed by atoms with Gasteiger partial charge in [0.1, 0.15) is 18.2 Å². The van der Waals surface area contributed by atoms with E-state index in [-0.39, 0.29) is 23.5 Å². The highest BCUT2D eigenvalue weighted by Crippen LogP contribution is 2.31. The summed E-state index contributed by atoms with van der Waals surface area (Å²) in [6, 6.07) is 11.7. The van der Waals surface area contributed by atoms with E-state index in [2.05, 4.69) is 20.9 Å². The molecule has 1 heterocycles. The Labute approximate surface area is 150 Å². The second-order valence-electron chi connectivity index (χ2n) is 4.97. The lowest BCUT2D eigenvalue weighted by Gasteiger charge is -2.10. The molecular weight excluding hydrogens is 395 g/mol. The summed E-state index contributed by atoms with van der Waals surface area (Å²) in [4.78, 5) is 15.9. The van der Waals surface area contributed by atoms with Crippen molar-refractivity contribution in [2.45, 2.75) is 6.61 Å². The third-order valence-electron chi connectivity index (χ3n) is 3.18. The van der Waals surface area contributed by atoms with Gasteiger partial charge in [-0.1, -0.05) is 28.1 Å². The summed E-state index contributed by atoms with van der Waals surface area (Å²) in [6.45, 7) is 0.218. The van der Waals surface area contributed by atoms with Gasteiger partial charge in [-0.2, -0.15) is 4.99 Å². The van der Waals surface area contributed by atoms with E-state index in [1.807, 2.05) is 12.1 Å². The van der Waals surface area contributed by atoms with Gasteiger partial charge in [0.25, 0.3) is 5.91 Å². The third kappa shape index (κ3) is 4.04. The van der Waals surface area contributed by atoms with Crippen LogP contribution in [0.2, 0.25) is 0 Å². The quantitative estimate of drug-likeness (QED) is 0.776. The van der Waals surface area contributed by atoms with Crippen LogP contribution in [0.1, 0.15) is 11.1 Å². The summed E-state index contributed by atoms with van der Waals surface area (Å²) >= 11 is 4.52. The second kappa shape index (κ2) is 7.19. The van der Waals surface area contributed by atoms with Gasteiger partial charge in [-0.15, -0.1) is 0 Å². The Kier molecular flexibility index (Phi) is 5.01. The highest BCUT2D eigenvalue weighted by molar-refractivity contribution is 9.10. The summed E-state index contributed by atoms with van der Waals surface area (Å²) < 4.78 is 19.9. The van der Waals surface area contributed by atoms with Gasteiger partial charge in [0.15, 0.2) is 5.17 Å². The van der Waals surface area contributed by atoms with Crippen LogP contribution in [0, 0.1) is 5.82 Å². The van der Waals surface area contributed by atoms with Crippen molar-refractivity contribution in [2.75, 3.05) is 0 Å². The van der Waals surface area contributed by atoms with Gasteiger partial charge in [-0.05, 0) is 53.7 Å². The summed E-state index contributed by atoms with van der Waals surface area (Å²) in [5, 5.41) is 0.225. The molecule has 0 atom stereocenters.